The summed E-state index contributed by atoms with van der Waals surface area (Å²) >= 11 is 6.04. The number of aliphatic carboxylic acids is 1. The predicted octanol–water partition coefficient (Wildman–Crippen LogP) is 4.02. The molecule has 1 N–H and O–H groups in total. The average Bonchev–Trinajstić information content (AvgIpc) is 3.14. The molecule has 12 heteroatoms. The molecule has 0 bridgehead atoms. The highest BCUT2D eigenvalue weighted by molar-refractivity contribution is 7.93. The summed E-state index contributed by atoms with van der Waals surface area (Å²) in [5.41, 5.74) is 0.145. The van der Waals surface area contributed by atoms with Crippen LogP contribution in [0, 0.1) is 0 Å². The maximum Gasteiger partial charge on any atom is 0.324 e. The van der Waals surface area contributed by atoms with Crippen LogP contribution in [0.1, 0.15) is 6.42 Å². The van der Waals surface area contributed by atoms with Crippen LogP contribution in [-0.2, 0) is 24.8 Å². The van der Waals surface area contributed by atoms with E-state index in [4.69, 9.17) is 16.3 Å². The molecule has 3 aromatic carbocycles. The van der Waals surface area contributed by atoms with Gasteiger partial charge in [0, 0.05) is 11.6 Å². The Morgan fingerprint density at radius 1 is 0.921 bits per heavy atom. The van der Waals surface area contributed by atoms with Crippen LogP contribution in [-0.4, -0.2) is 58.0 Å². The third-order valence-electron chi connectivity index (χ3n) is 6.11. The number of nitrogens with zero attached hydrogens (tertiary/aromatic N) is 2. The van der Waals surface area contributed by atoms with Gasteiger partial charge in [0.05, 0.1) is 28.6 Å². The SMILES string of the molecule is COc1ccc(S(=O)(=O)N2CC=CCC(N(c3ccc(Cl)cc3)S(=O)(=O)c3ccccc3)C2C(=O)O)cc1. The first kappa shape index (κ1) is 27.6. The van der Waals surface area contributed by atoms with Crippen molar-refractivity contribution in [2.75, 3.05) is 18.0 Å². The van der Waals surface area contributed by atoms with Gasteiger partial charge in [0.1, 0.15) is 11.8 Å². The molecule has 2 unspecified atom stereocenters. The molecule has 0 amide bonds. The average molecular weight is 577 g/mol. The van der Waals surface area contributed by atoms with Crippen molar-refractivity contribution in [1.29, 1.82) is 0 Å². The summed E-state index contributed by atoms with van der Waals surface area (Å²) in [6, 6.07) is 15.9. The van der Waals surface area contributed by atoms with E-state index < -0.39 is 38.1 Å². The van der Waals surface area contributed by atoms with Crippen LogP contribution in [0.5, 0.6) is 5.75 Å². The molecule has 0 saturated carbocycles. The summed E-state index contributed by atoms with van der Waals surface area (Å²) in [7, 11) is -7.27. The number of carboxylic acids is 1. The molecule has 9 nitrogen and oxygen atoms in total. The minimum Gasteiger partial charge on any atom is -0.497 e. The van der Waals surface area contributed by atoms with Crippen LogP contribution < -0.4 is 9.04 Å². The zero-order valence-corrected chi connectivity index (χ0v) is 22.6. The van der Waals surface area contributed by atoms with Crippen LogP contribution in [0.25, 0.3) is 0 Å². The van der Waals surface area contributed by atoms with Crippen molar-refractivity contribution in [3.63, 3.8) is 0 Å². The lowest BCUT2D eigenvalue weighted by Crippen LogP contribution is -2.58. The summed E-state index contributed by atoms with van der Waals surface area (Å²) in [5, 5.41) is 10.7. The summed E-state index contributed by atoms with van der Waals surface area (Å²) < 4.78 is 62.3. The van der Waals surface area contributed by atoms with Crippen molar-refractivity contribution < 1.29 is 31.5 Å². The summed E-state index contributed by atoms with van der Waals surface area (Å²) in [6.07, 6.45) is 3.06. The molecule has 0 spiro atoms. The van der Waals surface area contributed by atoms with Crippen LogP contribution in [0.4, 0.5) is 5.69 Å². The van der Waals surface area contributed by atoms with Gasteiger partial charge in [-0.3, -0.25) is 9.10 Å². The Bertz CT molecular complexity index is 1530. The van der Waals surface area contributed by atoms with Crippen LogP contribution in [0.15, 0.2) is 101 Å². The maximum atomic E-state index is 14.0. The minimum absolute atomic E-state index is 0.0553. The molecule has 3 aromatic rings. The molecule has 1 aliphatic rings. The largest absolute Gasteiger partial charge is 0.497 e. The fraction of sp³-hybridized carbons (Fsp3) is 0.192. The zero-order chi connectivity index (χ0) is 27.5. The number of rotatable bonds is 8. The number of benzene rings is 3. The standard InChI is InChI=1S/C26H25ClN2O7S2/c1-36-21-14-16-23(17-15-21)37(32,33)28-18-6-5-9-24(25(28)26(30)31)29(20-12-10-19(27)11-13-20)38(34,35)22-7-3-2-4-8-22/h2-8,10-17,24-25H,9,18H2,1H3,(H,30,31). The molecule has 0 aliphatic carbocycles. The fourth-order valence-electron chi connectivity index (χ4n) is 4.29. The van der Waals surface area contributed by atoms with Crippen molar-refractivity contribution in [1.82, 2.24) is 4.31 Å². The predicted molar refractivity (Wildman–Crippen MR) is 143 cm³/mol. The lowest BCUT2D eigenvalue weighted by atomic mass is 10.0. The number of hydrogen-bond donors (Lipinski definition) is 1. The lowest BCUT2D eigenvalue weighted by Gasteiger charge is -2.38. The van der Waals surface area contributed by atoms with Gasteiger partial charge in [0.2, 0.25) is 10.0 Å². The van der Waals surface area contributed by atoms with Crippen molar-refractivity contribution in [3.05, 3.63) is 96.0 Å². The normalized spacial score (nSPS) is 18.5. The molecule has 0 aromatic heterocycles. The molecule has 200 valence electrons. The first-order chi connectivity index (χ1) is 18.1. The topological polar surface area (TPSA) is 121 Å². The number of carbonyl (C=O) groups is 1. The van der Waals surface area contributed by atoms with Gasteiger partial charge in [-0.15, -0.1) is 0 Å². The molecular formula is C26H25ClN2O7S2. The van der Waals surface area contributed by atoms with E-state index in [9.17, 15) is 26.7 Å². The summed E-state index contributed by atoms with van der Waals surface area (Å²) in [4.78, 5) is 12.5. The van der Waals surface area contributed by atoms with Crippen LogP contribution in [0.3, 0.4) is 0 Å². The number of carboxylic acid groups (broad SMARTS) is 1. The van der Waals surface area contributed by atoms with Gasteiger partial charge in [-0.1, -0.05) is 42.0 Å². The van der Waals surface area contributed by atoms with Crippen LogP contribution >= 0.6 is 11.6 Å². The van der Waals surface area contributed by atoms with E-state index in [1.54, 1.807) is 24.3 Å². The van der Waals surface area contributed by atoms with Crippen molar-refractivity contribution in [3.8, 4) is 5.75 Å². The minimum atomic E-state index is -4.37. The second kappa shape index (κ2) is 11.2. The number of anilines is 1. The second-order valence-electron chi connectivity index (χ2n) is 8.40. The van der Waals surface area contributed by atoms with E-state index in [2.05, 4.69) is 0 Å². The van der Waals surface area contributed by atoms with Gasteiger partial charge in [0.25, 0.3) is 10.0 Å². The number of hydrogen-bond acceptors (Lipinski definition) is 6. The lowest BCUT2D eigenvalue weighted by molar-refractivity contribution is -0.141. The highest BCUT2D eigenvalue weighted by Gasteiger charge is 2.47. The second-order valence-corrected chi connectivity index (χ2v) is 12.5. The van der Waals surface area contributed by atoms with E-state index in [0.29, 0.717) is 10.8 Å². The third kappa shape index (κ3) is 5.41. The Kier molecular flexibility index (Phi) is 8.12. The fourth-order valence-corrected chi connectivity index (χ4v) is 7.67. The Morgan fingerprint density at radius 2 is 1.55 bits per heavy atom. The van der Waals surface area contributed by atoms with Crippen molar-refractivity contribution in [2.45, 2.75) is 28.3 Å². The molecule has 1 heterocycles. The maximum absolute atomic E-state index is 14.0. The smallest absolute Gasteiger partial charge is 0.324 e. The molecule has 2 atom stereocenters. The summed E-state index contributed by atoms with van der Waals surface area (Å²) in [6.45, 7) is -0.262. The highest BCUT2D eigenvalue weighted by Crippen LogP contribution is 2.34. The monoisotopic (exact) mass is 576 g/mol. The Morgan fingerprint density at radius 3 is 2.13 bits per heavy atom. The Labute approximate surface area is 226 Å². The summed E-state index contributed by atoms with van der Waals surface area (Å²) in [5.74, 6) is -1.06. The Hall–Kier alpha value is -3.38. The first-order valence-electron chi connectivity index (χ1n) is 11.5. The van der Waals surface area contributed by atoms with Gasteiger partial charge in [0.15, 0.2) is 0 Å². The van der Waals surface area contributed by atoms with Gasteiger partial charge >= 0.3 is 5.97 Å². The number of ether oxygens (including phenoxy) is 1. The molecule has 38 heavy (non-hydrogen) atoms. The van der Waals surface area contributed by atoms with Gasteiger partial charge in [-0.2, -0.15) is 4.31 Å². The third-order valence-corrected chi connectivity index (χ3v) is 10.1. The number of methoxy groups -OCH3 is 1. The first-order valence-corrected chi connectivity index (χ1v) is 14.7. The van der Waals surface area contributed by atoms with Crippen LogP contribution in [0.2, 0.25) is 5.02 Å². The quantitative estimate of drug-likeness (QED) is 0.402. The molecule has 0 radical (unpaired) electrons. The van der Waals surface area contributed by atoms with Gasteiger partial charge < -0.3 is 9.84 Å². The van der Waals surface area contributed by atoms with E-state index >= 15 is 0 Å². The molecular weight excluding hydrogens is 552 g/mol. The molecule has 0 fully saturated rings. The Balaban J connectivity index is 1.89. The van der Waals surface area contributed by atoms with E-state index in [0.717, 1.165) is 8.61 Å². The van der Waals surface area contributed by atoms with Crippen molar-refractivity contribution in [2.24, 2.45) is 0 Å². The van der Waals surface area contributed by atoms with Crippen molar-refractivity contribution >= 4 is 43.3 Å². The van der Waals surface area contributed by atoms with Gasteiger partial charge in [-0.05, 0) is 67.1 Å². The molecule has 0 saturated heterocycles. The van der Waals surface area contributed by atoms with E-state index in [-0.39, 0.29) is 28.4 Å². The zero-order valence-electron chi connectivity index (χ0n) is 20.2. The van der Waals surface area contributed by atoms with E-state index in [1.165, 1.54) is 73.8 Å². The number of sulfonamides is 2. The van der Waals surface area contributed by atoms with Gasteiger partial charge in [-0.25, -0.2) is 16.8 Å². The molecule has 4 rings (SSSR count). The van der Waals surface area contributed by atoms with E-state index in [1.807, 2.05) is 0 Å². The molecule has 1 aliphatic heterocycles. The number of halogens is 1. The highest BCUT2D eigenvalue weighted by atomic mass is 35.5.